The number of aryl methyl sites for hydroxylation is 1. The number of carbonyl (C=O) groups is 1. The number of amides is 1. The van der Waals surface area contributed by atoms with E-state index in [1.54, 1.807) is 11.3 Å². The number of nitrogens with one attached hydrogen (secondary N) is 1. The molecule has 1 atom stereocenters. The second-order valence-electron chi connectivity index (χ2n) is 6.16. The Labute approximate surface area is 145 Å². The van der Waals surface area contributed by atoms with Gasteiger partial charge in [0.05, 0.1) is 12.2 Å². The highest BCUT2D eigenvalue weighted by atomic mass is 32.1. The first-order chi connectivity index (χ1) is 11.6. The van der Waals surface area contributed by atoms with Gasteiger partial charge in [-0.05, 0) is 13.0 Å². The van der Waals surface area contributed by atoms with E-state index in [0.717, 1.165) is 36.9 Å². The molecule has 7 nitrogen and oxygen atoms in total. The van der Waals surface area contributed by atoms with Crippen LogP contribution >= 0.6 is 11.3 Å². The molecular formula is C16H23N5O2S. The van der Waals surface area contributed by atoms with Crippen LogP contribution in [0.3, 0.4) is 0 Å². The molecule has 3 heterocycles. The third-order valence-corrected chi connectivity index (χ3v) is 4.98. The van der Waals surface area contributed by atoms with Gasteiger partial charge in [-0.1, -0.05) is 0 Å². The lowest BCUT2D eigenvalue weighted by Crippen LogP contribution is -2.37. The Bertz CT molecular complexity index is 684. The Morgan fingerprint density at radius 2 is 2.38 bits per heavy atom. The molecule has 24 heavy (non-hydrogen) atoms. The van der Waals surface area contributed by atoms with Gasteiger partial charge in [0.15, 0.2) is 0 Å². The van der Waals surface area contributed by atoms with Crippen LogP contribution in [0.5, 0.6) is 0 Å². The molecule has 3 rings (SSSR count). The number of aromatic nitrogens is 3. The van der Waals surface area contributed by atoms with Gasteiger partial charge in [-0.15, -0.1) is 11.3 Å². The lowest BCUT2D eigenvalue weighted by atomic mass is 10.1. The largest absolute Gasteiger partial charge is 0.375 e. The van der Waals surface area contributed by atoms with Crippen molar-refractivity contribution < 1.29 is 9.53 Å². The smallest absolute Gasteiger partial charge is 0.245 e. The van der Waals surface area contributed by atoms with Gasteiger partial charge in [-0.25, -0.2) is 4.98 Å². The second-order valence-corrected chi connectivity index (χ2v) is 7.10. The number of fused-ring (bicyclic) bond motifs is 1. The fraction of sp³-hybridized carbons (Fsp3) is 0.562. The molecule has 0 radical (unpaired) electrons. The van der Waals surface area contributed by atoms with Crippen LogP contribution in [0.1, 0.15) is 16.4 Å². The molecular weight excluding hydrogens is 326 g/mol. The SMILES string of the molecule is COCC(=O)NC[C@@H]1CN(Cc2nc(C)cs2)Cc2ccnn2C1. The van der Waals surface area contributed by atoms with Crippen LogP contribution in [0.2, 0.25) is 0 Å². The summed E-state index contributed by atoms with van der Waals surface area (Å²) in [5.41, 5.74) is 2.27. The van der Waals surface area contributed by atoms with Crippen molar-refractivity contribution >= 4 is 17.2 Å². The fourth-order valence-electron chi connectivity index (χ4n) is 2.98. The molecule has 0 aliphatic carbocycles. The minimum Gasteiger partial charge on any atom is -0.375 e. The molecule has 1 N–H and O–H groups in total. The summed E-state index contributed by atoms with van der Waals surface area (Å²) in [4.78, 5) is 18.6. The first-order valence-electron chi connectivity index (χ1n) is 8.03. The zero-order valence-corrected chi connectivity index (χ0v) is 14.9. The normalized spacial score (nSPS) is 18.2. The van der Waals surface area contributed by atoms with Crippen molar-refractivity contribution in [1.82, 2.24) is 25.0 Å². The van der Waals surface area contributed by atoms with E-state index in [-0.39, 0.29) is 12.5 Å². The molecule has 0 saturated heterocycles. The van der Waals surface area contributed by atoms with Gasteiger partial charge < -0.3 is 10.1 Å². The molecule has 2 aromatic heterocycles. The fourth-order valence-corrected chi connectivity index (χ4v) is 3.79. The highest BCUT2D eigenvalue weighted by molar-refractivity contribution is 7.09. The standard InChI is InChI=1S/C16H23N5O2S/c1-12-11-24-16(19-12)9-20-6-13(5-17-15(22)10-23-2)7-21-14(8-20)3-4-18-21/h3-4,11,13H,5-10H2,1-2H3,(H,17,22)/t13-/m1/s1. The molecule has 0 fully saturated rings. The number of rotatable bonds is 6. The third-order valence-electron chi connectivity index (χ3n) is 4.03. The Morgan fingerprint density at radius 3 is 3.12 bits per heavy atom. The van der Waals surface area contributed by atoms with Gasteiger partial charge in [-0.3, -0.25) is 14.4 Å². The lowest BCUT2D eigenvalue weighted by Gasteiger charge is -2.23. The average molecular weight is 349 g/mol. The summed E-state index contributed by atoms with van der Waals surface area (Å²) < 4.78 is 6.91. The van der Waals surface area contributed by atoms with E-state index in [0.29, 0.717) is 12.5 Å². The van der Waals surface area contributed by atoms with E-state index in [4.69, 9.17) is 4.74 Å². The van der Waals surface area contributed by atoms with E-state index in [1.807, 2.05) is 17.8 Å². The first kappa shape index (κ1) is 17.1. The predicted molar refractivity (Wildman–Crippen MR) is 91.6 cm³/mol. The predicted octanol–water partition coefficient (Wildman–Crippen LogP) is 1.04. The van der Waals surface area contributed by atoms with Crippen LogP contribution in [0, 0.1) is 12.8 Å². The third kappa shape index (κ3) is 4.40. The molecule has 0 aromatic carbocycles. The number of carbonyl (C=O) groups excluding carboxylic acids is 1. The first-order valence-corrected chi connectivity index (χ1v) is 8.91. The highest BCUT2D eigenvalue weighted by Gasteiger charge is 2.23. The molecule has 0 bridgehead atoms. The van der Waals surface area contributed by atoms with Gasteiger partial charge in [0.25, 0.3) is 0 Å². The molecule has 2 aromatic rings. The van der Waals surface area contributed by atoms with Crippen molar-refractivity contribution in [2.24, 2.45) is 5.92 Å². The van der Waals surface area contributed by atoms with Crippen molar-refractivity contribution in [1.29, 1.82) is 0 Å². The maximum atomic E-state index is 11.7. The summed E-state index contributed by atoms with van der Waals surface area (Å²) in [6.45, 7) is 6.12. The molecule has 1 aliphatic rings. The monoisotopic (exact) mass is 349 g/mol. The number of ether oxygens (including phenoxy) is 1. The van der Waals surface area contributed by atoms with E-state index in [9.17, 15) is 4.79 Å². The molecule has 130 valence electrons. The zero-order chi connectivity index (χ0) is 16.9. The summed E-state index contributed by atoms with van der Waals surface area (Å²) in [6, 6.07) is 2.06. The maximum Gasteiger partial charge on any atom is 0.245 e. The van der Waals surface area contributed by atoms with E-state index in [2.05, 4.69) is 31.7 Å². The summed E-state index contributed by atoms with van der Waals surface area (Å²) in [5.74, 6) is 0.220. The van der Waals surface area contributed by atoms with Crippen molar-refractivity contribution in [3.05, 3.63) is 34.0 Å². The molecule has 1 aliphatic heterocycles. The van der Waals surface area contributed by atoms with Crippen LogP contribution in [0.4, 0.5) is 0 Å². The number of nitrogens with zero attached hydrogens (tertiary/aromatic N) is 4. The van der Waals surface area contributed by atoms with Crippen molar-refractivity contribution in [2.45, 2.75) is 26.6 Å². The molecule has 0 spiro atoms. The van der Waals surface area contributed by atoms with E-state index < -0.39 is 0 Å². The highest BCUT2D eigenvalue weighted by Crippen LogP contribution is 2.19. The second kappa shape index (κ2) is 7.87. The molecule has 1 amide bonds. The Hall–Kier alpha value is -1.77. The van der Waals surface area contributed by atoms with Crippen LogP contribution < -0.4 is 5.32 Å². The molecule has 0 saturated carbocycles. The minimum atomic E-state index is -0.0791. The van der Waals surface area contributed by atoms with Gasteiger partial charge in [0, 0.05) is 56.5 Å². The molecule has 8 heteroatoms. The van der Waals surface area contributed by atoms with Crippen molar-refractivity contribution in [3.63, 3.8) is 0 Å². The summed E-state index contributed by atoms with van der Waals surface area (Å²) in [5, 5.41) is 10.6. The Balaban J connectivity index is 1.67. The van der Waals surface area contributed by atoms with Gasteiger partial charge in [-0.2, -0.15) is 5.10 Å². The summed E-state index contributed by atoms with van der Waals surface area (Å²) in [6.07, 6.45) is 1.84. The van der Waals surface area contributed by atoms with Crippen molar-refractivity contribution in [2.75, 3.05) is 26.8 Å². The zero-order valence-electron chi connectivity index (χ0n) is 14.1. The summed E-state index contributed by atoms with van der Waals surface area (Å²) >= 11 is 1.70. The number of hydrogen-bond acceptors (Lipinski definition) is 6. The van der Waals surface area contributed by atoms with Crippen molar-refractivity contribution in [3.8, 4) is 0 Å². The van der Waals surface area contributed by atoms with E-state index >= 15 is 0 Å². The Morgan fingerprint density at radius 1 is 1.50 bits per heavy atom. The van der Waals surface area contributed by atoms with E-state index in [1.165, 1.54) is 12.8 Å². The van der Waals surface area contributed by atoms with Crippen LogP contribution in [-0.2, 0) is 29.2 Å². The minimum absolute atomic E-state index is 0.0791. The number of hydrogen-bond donors (Lipinski definition) is 1. The van der Waals surface area contributed by atoms with Gasteiger partial charge in [0.1, 0.15) is 11.6 Å². The summed E-state index contributed by atoms with van der Waals surface area (Å²) in [7, 11) is 1.53. The number of thiazole rings is 1. The number of methoxy groups -OCH3 is 1. The quantitative estimate of drug-likeness (QED) is 0.844. The van der Waals surface area contributed by atoms with Crippen LogP contribution in [0.25, 0.3) is 0 Å². The average Bonchev–Trinajstić information content (AvgIpc) is 3.11. The Kier molecular flexibility index (Phi) is 5.60. The lowest BCUT2D eigenvalue weighted by molar-refractivity contribution is -0.124. The maximum absolute atomic E-state index is 11.7. The topological polar surface area (TPSA) is 72.3 Å². The van der Waals surface area contributed by atoms with Gasteiger partial charge in [0.2, 0.25) is 5.91 Å². The molecule has 0 unspecified atom stereocenters. The van der Waals surface area contributed by atoms with Gasteiger partial charge >= 0.3 is 0 Å². The van der Waals surface area contributed by atoms with Crippen LogP contribution in [0.15, 0.2) is 17.6 Å². The van der Waals surface area contributed by atoms with Crippen LogP contribution in [-0.4, -0.2) is 52.4 Å².